The Labute approximate surface area is 240 Å². The van der Waals surface area contributed by atoms with Crippen molar-refractivity contribution in [3.05, 3.63) is 58.7 Å². The van der Waals surface area contributed by atoms with E-state index in [1.807, 2.05) is 6.07 Å². The summed E-state index contributed by atoms with van der Waals surface area (Å²) in [4.78, 5) is 56.6. The topological polar surface area (TPSA) is 168 Å². The van der Waals surface area contributed by atoms with Crippen LogP contribution in [0, 0.1) is 5.92 Å². The van der Waals surface area contributed by atoms with Crippen molar-refractivity contribution in [3.8, 4) is 5.75 Å². The molecular formula is C30H40N3O7P. The first kappa shape index (κ1) is 30.8. The minimum Gasteiger partial charge on any atom is -0.492 e. The van der Waals surface area contributed by atoms with E-state index >= 15 is 0 Å². The van der Waals surface area contributed by atoms with E-state index in [4.69, 9.17) is 10.5 Å². The van der Waals surface area contributed by atoms with Gasteiger partial charge in [-0.2, -0.15) is 0 Å². The zero-order chi connectivity index (χ0) is 29.6. The first-order valence-corrected chi connectivity index (χ1v) is 15.9. The van der Waals surface area contributed by atoms with Gasteiger partial charge >= 0.3 is 7.60 Å². The van der Waals surface area contributed by atoms with E-state index in [0.29, 0.717) is 35.8 Å². The van der Waals surface area contributed by atoms with Crippen LogP contribution in [-0.2, 0) is 27.0 Å². The van der Waals surface area contributed by atoms with Crippen molar-refractivity contribution in [2.45, 2.75) is 83.2 Å². The number of nitrogens with two attached hydrogens (primary N) is 1. The molecule has 0 spiro atoms. The summed E-state index contributed by atoms with van der Waals surface area (Å²) in [7, 11) is -4.39. The van der Waals surface area contributed by atoms with Crippen molar-refractivity contribution in [1.82, 2.24) is 10.6 Å². The van der Waals surface area contributed by atoms with Crippen LogP contribution in [0.15, 0.2) is 36.4 Å². The highest BCUT2D eigenvalue weighted by Crippen LogP contribution is 2.35. The van der Waals surface area contributed by atoms with Crippen molar-refractivity contribution in [3.63, 3.8) is 0 Å². The third-order valence-electron chi connectivity index (χ3n) is 7.99. The van der Waals surface area contributed by atoms with Crippen LogP contribution >= 0.6 is 7.60 Å². The number of carbonyl (C=O) groups excluding carboxylic acids is 3. The predicted molar refractivity (Wildman–Crippen MR) is 155 cm³/mol. The number of nitrogens with one attached hydrogen (secondary N) is 2. The normalized spacial score (nSPS) is 18.5. The number of fused-ring (bicyclic) bond motifs is 1. The molecule has 2 aromatic carbocycles. The molecule has 2 atom stereocenters. The number of rotatable bonds is 10. The van der Waals surface area contributed by atoms with Gasteiger partial charge in [-0.1, -0.05) is 37.8 Å². The molecule has 41 heavy (non-hydrogen) atoms. The van der Waals surface area contributed by atoms with Gasteiger partial charge in [0, 0.05) is 13.3 Å². The van der Waals surface area contributed by atoms with Gasteiger partial charge in [0.15, 0.2) is 0 Å². The second-order valence-electron chi connectivity index (χ2n) is 11.2. The van der Waals surface area contributed by atoms with Crippen molar-refractivity contribution in [2.24, 2.45) is 11.7 Å². The lowest BCUT2D eigenvalue weighted by Crippen LogP contribution is -2.48. The first-order valence-electron chi connectivity index (χ1n) is 14.3. The fourth-order valence-corrected chi connectivity index (χ4v) is 6.35. The second-order valence-corrected chi connectivity index (χ2v) is 12.8. The molecule has 11 heteroatoms. The molecule has 0 aromatic heterocycles. The van der Waals surface area contributed by atoms with Gasteiger partial charge in [0.2, 0.25) is 11.8 Å². The Kier molecular flexibility index (Phi) is 10.2. The van der Waals surface area contributed by atoms with Crippen LogP contribution in [0.2, 0.25) is 0 Å². The Balaban J connectivity index is 1.54. The molecule has 1 fully saturated rings. The summed E-state index contributed by atoms with van der Waals surface area (Å²) >= 11 is 0. The molecule has 0 radical (unpaired) electrons. The lowest BCUT2D eigenvalue weighted by atomic mass is 9.90. The largest absolute Gasteiger partial charge is 0.492 e. The average molecular weight is 586 g/mol. The maximum absolute atomic E-state index is 13.5. The van der Waals surface area contributed by atoms with Crippen LogP contribution in [0.1, 0.15) is 91.4 Å². The summed E-state index contributed by atoms with van der Waals surface area (Å²) in [5.41, 5.74) is 8.52. The van der Waals surface area contributed by atoms with Crippen molar-refractivity contribution >= 4 is 30.6 Å². The molecule has 0 aliphatic heterocycles. The molecule has 0 bridgehead atoms. The Hall–Kier alpha value is -3.20. The lowest BCUT2D eigenvalue weighted by Gasteiger charge is -2.26. The van der Waals surface area contributed by atoms with Gasteiger partial charge in [0.25, 0.3) is 5.91 Å². The molecule has 0 unspecified atom stereocenters. The van der Waals surface area contributed by atoms with Crippen molar-refractivity contribution < 1.29 is 33.5 Å². The number of benzene rings is 2. The van der Waals surface area contributed by atoms with E-state index in [1.54, 1.807) is 6.07 Å². The van der Waals surface area contributed by atoms with Gasteiger partial charge in [-0.3, -0.25) is 18.9 Å². The number of carbonyl (C=O) groups is 3. The number of aryl methyl sites for hydroxylation is 1. The fraction of sp³-hybridized carbons (Fsp3) is 0.500. The van der Waals surface area contributed by atoms with Gasteiger partial charge in [-0.25, -0.2) is 0 Å². The maximum atomic E-state index is 13.5. The van der Waals surface area contributed by atoms with Crippen LogP contribution in [0.3, 0.4) is 0 Å². The van der Waals surface area contributed by atoms with E-state index < -0.39 is 31.5 Å². The molecule has 2 aromatic rings. The van der Waals surface area contributed by atoms with E-state index in [0.717, 1.165) is 43.2 Å². The van der Waals surface area contributed by atoms with Gasteiger partial charge in [0.1, 0.15) is 11.8 Å². The van der Waals surface area contributed by atoms with E-state index in [1.165, 1.54) is 50.5 Å². The van der Waals surface area contributed by atoms with Gasteiger partial charge < -0.3 is 30.9 Å². The monoisotopic (exact) mass is 585 g/mol. The van der Waals surface area contributed by atoms with E-state index in [2.05, 4.69) is 10.6 Å². The van der Waals surface area contributed by atoms with Crippen LogP contribution in [0.4, 0.5) is 0 Å². The Morgan fingerprint density at radius 2 is 1.71 bits per heavy atom. The van der Waals surface area contributed by atoms with Gasteiger partial charge in [0.05, 0.1) is 23.5 Å². The third-order valence-corrected chi connectivity index (χ3v) is 8.96. The minimum absolute atomic E-state index is 0.121. The first-order chi connectivity index (χ1) is 19.5. The van der Waals surface area contributed by atoms with Crippen LogP contribution in [0.5, 0.6) is 5.75 Å². The molecule has 1 saturated carbocycles. The summed E-state index contributed by atoms with van der Waals surface area (Å²) in [6.45, 7) is 1.87. The smallest absolute Gasteiger partial charge is 0.356 e. The number of hydrogen-bond acceptors (Lipinski definition) is 5. The molecule has 6 N–H and O–H groups in total. The Morgan fingerprint density at radius 3 is 2.34 bits per heavy atom. The highest BCUT2D eigenvalue weighted by atomic mass is 31.2. The lowest BCUT2D eigenvalue weighted by molar-refractivity contribution is -0.128. The summed E-state index contributed by atoms with van der Waals surface area (Å²) in [5.74, 6) is -0.405. The number of ether oxygens (including phenoxy) is 1. The third kappa shape index (κ3) is 8.41. The Bertz CT molecular complexity index is 1300. The fourth-order valence-electron chi connectivity index (χ4n) is 5.81. The highest BCUT2D eigenvalue weighted by molar-refractivity contribution is 7.60. The number of amides is 3. The summed E-state index contributed by atoms with van der Waals surface area (Å²) < 4.78 is 17.7. The van der Waals surface area contributed by atoms with Gasteiger partial charge in [-0.05, 0) is 79.0 Å². The zero-order valence-electron chi connectivity index (χ0n) is 23.4. The van der Waals surface area contributed by atoms with Crippen LogP contribution in [-0.4, -0.2) is 40.2 Å². The predicted octanol–water partition coefficient (Wildman–Crippen LogP) is 3.18. The molecule has 10 nitrogen and oxygen atoms in total. The van der Waals surface area contributed by atoms with E-state index in [9.17, 15) is 28.7 Å². The second kappa shape index (κ2) is 13.6. The van der Waals surface area contributed by atoms with Crippen molar-refractivity contribution in [2.75, 3.05) is 6.61 Å². The minimum atomic E-state index is -4.39. The highest BCUT2D eigenvalue weighted by Gasteiger charge is 2.28. The molecule has 3 amide bonds. The van der Waals surface area contributed by atoms with Crippen molar-refractivity contribution in [1.29, 1.82) is 0 Å². The SMILES string of the molecule is CC(=O)N[C@@H](Cc1ccc(P(=O)(O)O)cc1)C(=O)N[C@H]1CCCCc2cc(OCC3CCCCC3)c(C(N)=O)cc21. The summed E-state index contributed by atoms with van der Waals surface area (Å²) in [6.07, 6.45) is 9.22. The van der Waals surface area contributed by atoms with E-state index in [-0.39, 0.29) is 17.6 Å². The molecule has 0 heterocycles. The number of hydrogen-bond donors (Lipinski definition) is 5. The molecule has 2 aliphatic rings. The summed E-state index contributed by atoms with van der Waals surface area (Å²) in [5, 5.41) is 5.64. The van der Waals surface area contributed by atoms with Gasteiger partial charge in [-0.15, -0.1) is 0 Å². The summed E-state index contributed by atoms with van der Waals surface area (Å²) in [6, 6.07) is 8.05. The molecule has 222 valence electrons. The molecule has 0 saturated heterocycles. The molecular weight excluding hydrogens is 545 g/mol. The van der Waals surface area contributed by atoms with Crippen LogP contribution < -0.4 is 26.4 Å². The maximum Gasteiger partial charge on any atom is 0.356 e. The zero-order valence-corrected chi connectivity index (χ0v) is 24.3. The number of primary amides is 1. The average Bonchev–Trinajstić information content (AvgIpc) is 3.12. The quantitative estimate of drug-likeness (QED) is 0.211. The molecule has 2 aliphatic carbocycles. The Morgan fingerprint density at radius 1 is 1.02 bits per heavy atom. The molecule has 4 rings (SSSR count). The van der Waals surface area contributed by atoms with Crippen LogP contribution in [0.25, 0.3) is 0 Å². The standard InChI is InChI=1S/C30H40N3O7P/c1-19(34)32-27(15-20-11-13-23(14-12-20)41(37,38)39)30(36)33-26-10-6-5-9-22-16-28(25(29(31)35)17-24(22)26)40-18-21-7-3-2-4-8-21/h11-14,16-17,21,26-27H,2-10,15,18H2,1H3,(H2,31,35)(H,32,34)(H,33,36)(H2,37,38,39)/t26-,27-/m0/s1.